The second kappa shape index (κ2) is 6.23. The Bertz CT molecular complexity index is 774. The summed E-state index contributed by atoms with van der Waals surface area (Å²) in [5.74, 6) is 0.282. The van der Waals surface area contributed by atoms with E-state index >= 15 is 0 Å². The van der Waals surface area contributed by atoms with Crippen molar-refractivity contribution in [2.45, 2.75) is 25.2 Å². The lowest BCUT2D eigenvalue weighted by molar-refractivity contribution is -0.137. The summed E-state index contributed by atoms with van der Waals surface area (Å²) in [4.78, 5) is 15.8. The van der Waals surface area contributed by atoms with Gasteiger partial charge in [0.25, 0.3) is 5.56 Å². The maximum Gasteiger partial charge on any atom is 0.417 e. The first kappa shape index (κ1) is 16.4. The highest BCUT2D eigenvalue weighted by atomic mass is 19.4. The molecule has 2 atom stereocenters. The van der Waals surface area contributed by atoms with Gasteiger partial charge in [0, 0.05) is 12.3 Å². The van der Waals surface area contributed by atoms with E-state index in [1.165, 1.54) is 16.8 Å². The van der Waals surface area contributed by atoms with Crippen molar-refractivity contribution in [1.82, 2.24) is 14.8 Å². The molecule has 1 N–H and O–H groups in total. The van der Waals surface area contributed by atoms with Gasteiger partial charge in [-0.15, -0.1) is 0 Å². The highest BCUT2D eigenvalue weighted by Gasteiger charge is 2.33. The van der Waals surface area contributed by atoms with E-state index in [2.05, 4.69) is 15.4 Å². The molecule has 0 aromatic carbocycles. The quantitative estimate of drug-likeness (QED) is 0.926. The Morgan fingerprint density at radius 3 is 2.71 bits per heavy atom. The first-order chi connectivity index (χ1) is 11.3. The van der Waals surface area contributed by atoms with Gasteiger partial charge in [-0.2, -0.15) is 18.3 Å². The Kier molecular flexibility index (Phi) is 4.27. The highest BCUT2D eigenvalue weighted by Crippen LogP contribution is 2.29. The molecule has 0 spiro atoms. The van der Waals surface area contributed by atoms with Crippen LogP contribution < -0.4 is 10.9 Å². The zero-order valence-corrected chi connectivity index (χ0v) is 12.7. The minimum absolute atomic E-state index is 0.261. The summed E-state index contributed by atoms with van der Waals surface area (Å²) in [6, 6.07) is 4.58. The van der Waals surface area contributed by atoms with E-state index in [1.54, 1.807) is 13.0 Å². The van der Waals surface area contributed by atoms with Crippen molar-refractivity contribution in [3.8, 4) is 0 Å². The molecule has 9 heteroatoms. The van der Waals surface area contributed by atoms with Crippen molar-refractivity contribution in [3.63, 3.8) is 0 Å². The first-order valence-electron chi connectivity index (χ1n) is 7.28. The molecular weight excluding hydrogens is 325 g/mol. The number of nitrogens with zero attached hydrogens (tertiary/aromatic N) is 3. The molecule has 1 fully saturated rings. The Morgan fingerprint density at radius 1 is 1.25 bits per heavy atom. The summed E-state index contributed by atoms with van der Waals surface area (Å²) < 4.78 is 44.4. The molecule has 1 saturated heterocycles. The summed E-state index contributed by atoms with van der Waals surface area (Å²) in [6.07, 6.45) is -3.66. The molecule has 0 saturated carbocycles. The summed E-state index contributed by atoms with van der Waals surface area (Å²) in [7, 11) is 0. The van der Waals surface area contributed by atoms with E-state index in [1.807, 2.05) is 0 Å². The fourth-order valence-electron chi connectivity index (χ4n) is 2.52. The minimum Gasteiger partial charge on any atom is -0.377 e. The van der Waals surface area contributed by atoms with E-state index in [0.29, 0.717) is 12.3 Å². The lowest BCUT2D eigenvalue weighted by Gasteiger charge is -2.21. The number of hydrogen-bond acceptors (Lipinski definition) is 5. The van der Waals surface area contributed by atoms with E-state index in [9.17, 15) is 18.0 Å². The smallest absolute Gasteiger partial charge is 0.377 e. The molecule has 3 rings (SSSR count). The van der Waals surface area contributed by atoms with Gasteiger partial charge < -0.3 is 10.1 Å². The van der Waals surface area contributed by atoms with E-state index in [0.717, 1.165) is 12.3 Å². The number of aryl methyl sites for hydroxylation is 1. The largest absolute Gasteiger partial charge is 0.417 e. The van der Waals surface area contributed by atoms with Crippen molar-refractivity contribution < 1.29 is 17.9 Å². The Balaban J connectivity index is 1.79. The van der Waals surface area contributed by atoms with Gasteiger partial charge in [-0.05, 0) is 25.1 Å². The van der Waals surface area contributed by atoms with Crippen LogP contribution in [0, 0.1) is 6.92 Å². The van der Waals surface area contributed by atoms with Crippen molar-refractivity contribution in [2.75, 3.05) is 18.5 Å². The molecule has 24 heavy (non-hydrogen) atoms. The van der Waals surface area contributed by atoms with Crippen LogP contribution in [0.2, 0.25) is 0 Å². The van der Waals surface area contributed by atoms with Crippen molar-refractivity contribution in [1.29, 1.82) is 0 Å². The van der Waals surface area contributed by atoms with Crippen LogP contribution in [0.5, 0.6) is 0 Å². The van der Waals surface area contributed by atoms with Gasteiger partial charge in [-0.1, -0.05) is 0 Å². The van der Waals surface area contributed by atoms with Gasteiger partial charge in [0.2, 0.25) is 0 Å². The van der Waals surface area contributed by atoms with Crippen LogP contribution in [0.1, 0.15) is 17.3 Å². The molecule has 2 aromatic rings. The van der Waals surface area contributed by atoms with E-state index < -0.39 is 11.7 Å². The van der Waals surface area contributed by atoms with Gasteiger partial charge in [-0.3, -0.25) is 4.79 Å². The van der Waals surface area contributed by atoms with Gasteiger partial charge in [0.05, 0.1) is 30.5 Å². The molecule has 2 unspecified atom stereocenters. The Labute approximate surface area is 135 Å². The van der Waals surface area contributed by atoms with Crippen LogP contribution in [0.15, 0.2) is 35.3 Å². The number of halogens is 3. The van der Waals surface area contributed by atoms with Crippen molar-refractivity contribution in [3.05, 3.63) is 52.1 Å². The van der Waals surface area contributed by atoms with E-state index in [-0.39, 0.29) is 30.1 Å². The molecule has 0 bridgehead atoms. The third-order valence-corrected chi connectivity index (χ3v) is 3.75. The maximum atomic E-state index is 12.6. The predicted octanol–water partition coefficient (Wildman–Crippen LogP) is 2.02. The molecule has 128 valence electrons. The second-order valence-corrected chi connectivity index (χ2v) is 5.54. The average molecular weight is 340 g/mol. The summed E-state index contributed by atoms with van der Waals surface area (Å²) in [5, 5.41) is 7.22. The third-order valence-electron chi connectivity index (χ3n) is 3.75. The highest BCUT2D eigenvalue weighted by molar-refractivity contribution is 5.38. The number of hydrogen-bond donors (Lipinski definition) is 1. The Hall–Kier alpha value is -2.42. The van der Waals surface area contributed by atoms with Crippen LogP contribution in [0.3, 0.4) is 0 Å². The number of nitrogens with one attached hydrogen (secondary N) is 1. The number of aromatic nitrogens is 3. The minimum atomic E-state index is -4.43. The monoisotopic (exact) mass is 340 g/mol. The number of rotatable bonds is 3. The van der Waals surface area contributed by atoms with Crippen LogP contribution >= 0.6 is 0 Å². The van der Waals surface area contributed by atoms with Crippen LogP contribution in [-0.4, -0.2) is 34.0 Å². The van der Waals surface area contributed by atoms with Crippen molar-refractivity contribution >= 4 is 5.82 Å². The molecule has 6 nitrogen and oxygen atoms in total. The van der Waals surface area contributed by atoms with Gasteiger partial charge >= 0.3 is 6.18 Å². The second-order valence-electron chi connectivity index (χ2n) is 5.54. The third kappa shape index (κ3) is 3.40. The van der Waals surface area contributed by atoms with Gasteiger partial charge in [-0.25, -0.2) is 9.67 Å². The molecule has 1 aliphatic heterocycles. The molecule has 1 aliphatic rings. The topological polar surface area (TPSA) is 69.0 Å². The summed E-state index contributed by atoms with van der Waals surface area (Å²) in [6.45, 7) is 2.36. The first-order valence-corrected chi connectivity index (χ1v) is 7.28. The molecule has 2 aromatic heterocycles. The molecule has 3 heterocycles. The summed E-state index contributed by atoms with van der Waals surface area (Å²) in [5.41, 5.74) is -0.389. The predicted molar refractivity (Wildman–Crippen MR) is 79.7 cm³/mol. The number of anilines is 1. The van der Waals surface area contributed by atoms with E-state index in [4.69, 9.17) is 4.74 Å². The molecule has 0 radical (unpaired) electrons. The normalized spacial score (nSPS) is 21.0. The zero-order valence-electron chi connectivity index (χ0n) is 12.7. The van der Waals surface area contributed by atoms with Crippen molar-refractivity contribution in [2.24, 2.45) is 0 Å². The van der Waals surface area contributed by atoms with Crippen LogP contribution in [0.4, 0.5) is 19.0 Å². The fourth-order valence-corrected chi connectivity index (χ4v) is 2.52. The number of pyridine rings is 1. The lowest BCUT2D eigenvalue weighted by Crippen LogP contribution is -2.37. The fraction of sp³-hybridized carbons (Fsp3) is 0.400. The SMILES string of the molecule is Cc1ccc(=O)n(C2COCC2Nc2ccc(C(F)(F)F)cn2)n1. The average Bonchev–Trinajstić information content (AvgIpc) is 2.97. The zero-order chi connectivity index (χ0) is 17.3. The molecular formula is C15H15F3N4O2. The molecule has 0 aliphatic carbocycles. The standard InChI is InChI=1S/C15H15F3N4O2/c1-9-2-5-14(23)22(21-9)12-8-24-7-11(12)20-13-4-3-10(6-19-13)15(16,17)18/h2-6,11-12H,7-8H2,1H3,(H,19,20). The van der Waals surface area contributed by atoms with Gasteiger partial charge in [0.15, 0.2) is 0 Å². The lowest BCUT2D eigenvalue weighted by atomic mass is 10.1. The number of alkyl halides is 3. The van der Waals surface area contributed by atoms with Crippen LogP contribution in [0.25, 0.3) is 0 Å². The maximum absolute atomic E-state index is 12.6. The summed E-state index contributed by atoms with van der Waals surface area (Å²) >= 11 is 0. The van der Waals surface area contributed by atoms with Gasteiger partial charge in [0.1, 0.15) is 11.9 Å². The Morgan fingerprint density at radius 2 is 2.04 bits per heavy atom. The van der Waals surface area contributed by atoms with Crippen LogP contribution in [-0.2, 0) is 10.9 Å². The number of ether oxygens (including phenoxy) is 1. The molecule has 0 amide bonds.